The van der Waals surface area contributed by atoms with Crippen LogP contribution in [0.15, 0.2) is 39.9 Å². The SMILES string of the molecule is Cc1c(Cc2ccnc(NS(=O)(=O)NC3CC3)c2F)c(=O)oc2c1=CC(F)C(Oc1ncccn1)C=2. The Balaban J connectivity index is 1.44. The van der Waals surface area contributed by atoms with E-state index in [1.807, 2.05) is 0 Å². The van der Waals surface area contributed by atoms with Gasteiger partial charge in [0.1, 0.15) is 5.42 Å². The summed E-state index contributed by atoms with van der Waals surface area (Å²) in [6, 6.07) is 2.72. The molecule has 0 aliphatic heterocycles. The van der Waals surface area contributed by atoms with Gasteiger partial charge in [-0.15, -0.1) is 0 Å². The monoisotopic (exact) mass is 517 g/mol. The summed E-state index contributed by atoms with van der Waals surface area (Å²) in [7, 11) is -4.00. The zero-order valence-electron chi connectivity index (χ0n) is 18.9. The number of fused-ring (bicyclic) bond motifs is 1. The third-order valence-corrected chi connectivity index (χ3v) is 6.88. The molecule has 2 aliphatic rings. The fourth-order valence-electron chi connectivity index (χ4n) is 3.77. The first-order valence-corrected chi connectivity index (χ1v) is 12.6. The van der Waals surface area contributed by atoms with E-state index in [1.54, 1.807) is 13.0 Å². The smallest absolute Gasteiger partial charge is 0.340 e. The van der Waals surface area contributed by atoms with Gasteiger partial charge in [-0.05, 0) is 49.1 Å². The van der Waals surface area contributed by atoms with Crippen LogP contribution in [0, 0.1) is 12.7 Å². The highest BCUT2D eigenvalue weighted by atomic mass is 32.2. The first-order chi connectivity index (χ1) is 17.2. The van der Waals surface area contributed by atoms with Crippen LogP contribution in [0.4, 0.5) is 14.6 Å². The maximum atomic E-state index is 15.1. The van der Waals surface area contributed by atoms with Gasteiger partial charge in [0, 0.05) is 47.9 Å². The topological polar surface area (TPSA) is 136 Å². The molecule has 2 aliphatic carbocycles. The molecule has 0 saturated heterocycles. The van der Waals surface area contributed by atoms with Crippen LogP contribution in [0.5, 0.6) is 6.01 Å². The quantitative estimate of drug-likeness (QED) is 0.444. The van der Waals surface area contributed by atoms with Gasteiger partial charge in [-0.2, -0.15) is 13.1 Å². The zero-order valence-corrected chi connectivity index (χ0v) is 19.8. The van der Waals surface area contributed by atoms with Gasteiger partial charge >= 0.3 is 21.8 Å². The maximum Gasteiger partial charge on any atom is 0.340 e. The second kappa shape index (κ2) is 9.39. The molecule has 0 radical (unpaired) electrons. The summed E-state index contributed by atoms with van der Waals surface area (Å²) in [5, 5.41) is 0.343. The summed E-state index contributed by atoms with van der Waals surface area (Å²) < 4.78 is 69.7. The number of aromatic nitrogens is 3. The molecule has 2 unspecified atom stereocenters. The Morgan fingerprint density at radius 2 is 1.92 bits per heavy atom. The van der Waals surface area contributed by atoms with Crippen LogP contribution in [0.3, 0.4) is 0 Å². The molecule has 188 valence electrons. The van der Waals surface area contributed by atoms with Gasteiger partial charge in [-0.1, -0.05) is 0 Å². The number of halogens is 2. The van der Waals surface area contributed by atoms with Crippen LogP contribution in [0.1, 0.15) is 29.5 Å². The van der Waals surface area contributed by atoms with Crippen molar-refractivity contribution >= 4 is 28.2 Å². The largest absolute Gasteiger partial charge is 0.452 e. The molecule has 0 spiro atoms. The molecule has 3 aromatic rings. The Morgan fingerprint density at radius 3 is 2.64 bits per heavy atom. The highest BCUT2D eigenvalue weighted by Gasteiger charge is 2.28. The van der Waals surface area contributed by atoms with Gasteiger partial charge in [0.15, 0.2) is 23.9 Å². The van der Waals surface area contributed by atoms with E-state index >= 15 is 4.39 Å². The number of nitrogens with one attached hydrogen (secondary N) is 2. The molecule has 2 N–H and O–H groups in total. The lowest BCUT2D eigenvalue weighted by atomic mass is 9.98. The van der Waals surface area contributed by atoms with E-state index in [1.165, 1.54) is 36.8 Å². The highest BCUT2D eigenvalue weighted by molar-refractivity contribution is 7.90. The van der Waals surface area contributed by atoms with Gasteiger partial charge in [-0.3, -0.25) is 4.72 Å². The lowest BCUT2D eigenvalue weighted by Crippen LogP contribution is -2.43. The first kappa shape index (κ1) is 24.0. The minimum atomic E-state index is -4.00. The molecule has 10 nitrogen and oxygen atoms in total. The summed E-state index contributed by atoms with van der Waals surface area (Å²) in [5.74, 6) is -1.42. The predicted octanol–water partition coefficient (Wildman–Crippen LogP) is 0.632. The standard InChI is InChI=1S/C23H21F2N5O5S/c1-12-15-10-17(24)19(35-23-27-6-2-7-28-23)11-18(15)34-22(31)16(12)9-13-5-8-26-21(20(13)25)30-36(32,33)29-14-3-4-14/h2,5-8,10-11,14,17,19,29H,3-4,9H2,1H3,(H,26,30). The van der Waals surface area contributed by atoms with Crippen molar-refractivity contribution in [2.75, 3.05) is 4.72 Å². The Morgan fingerprint density at radius 1 is 1.17 bits per heavy atom. The van der Waals surface area contributed by atoms with Crippen LogP contribution in [-0.2, 0) is 16.6 Å². The minimum Gasteiger partial charge on any atom is -0.452 e. The molecule has 13 heteroatoms. The number of hydrogen-bond acceptors (Lipinski definition) is 8. The fourth-order valence-corrected chi connectivity index (χ4v) is 4.90. The molecule has 2 atom stereocenters. The van der Waals surface area contributed by atoms with E-state index in [4.69, 9.17) is 9.15 Å². The predicted molar refractivity (Wildman–Crippen MR) is 125 cm³/mol. The van der Waals surface area contributed by atoms with Crippen molar-refractivity contribution in [3.05, 3.63) is 74.3 Å². The van der Waals surface area contributed by atoms with Crippen molar-refractivity contribution in [2.24, 2.45) is 0 Å². The molecule has 0 amide bonds. The molecule has 3 heterocycles. The van der Waals surface area contributed by atoms with Gasteiger partial charge in [-0.25, -0.2) is 28.5 Å². The number of nitrogens with zero attached hydrogens (tertiary/aromatic N) is 3. The molecular formula is C23H21F2N5O5S. The van der Waals surface area contributed by atoms with Crippen molar-refractivity contribution in [2.45, 2.75) is 44.5 Å². The van der Waals surface area contributed by atoms with Crippen LogP contribution in [-0.4, -0.2) is 41.7 Å². The fraction of sp³-hybridized carbons (Fsp3) is 0.304. The summed E-state index contributed by atoms with van der Waals surface area (Å²) >= 11 is 0. The molecule has 3 aromatic heterocycles. The van der Waals surface area contributed by atoms with Crippen molar-refractivity contribution in [3.63, 3.8) is 0 Å². The average molecular weight is 518 g/mol. The number of rotatable bonds is 8. The number of anilines is 1. The normalized spacial score (nSPS) is 19.1. The molecule has 1 saturated carbocycles. The summed E-state index contributed by atoms with van der Waals surface area (Å²) in [6.07, 6.45) is 5.24. The summed E-state index contributed by atoms with van der Waals surface area (Å²) in [6.45, 7) is 1.60. The first-order valence-electron chi connectivity index (χ1n) is 11.1. The maximum absolute atomic E-state index is 15.1. The summed E-state index contributed by atoms with van der Waals surface area (Å²) in [4.78, 5) is 24.4. The van der Waals surface area contributed by atoms with E-state index in [2.05, 4.69) is 24.4 Å². The number of hydrogen-bond donors (Lipinski definition) is 2. The Kier molecular flexibility index (Phi) is 6.26. The van der Waals surface area contributed by atoms with E-state index in [9.17, 15) is 17.6 Å². The van der Waals surface area contributed by atoms with Gasteiger partial charge in [0.25, 0.3) is 0 Å². The molecule has 1 fully saturated rings. The van der Waals surface area contributed by atoms with Crippen LogP contribution >= 0.6 is 0 Å². The van der Waals surface area contributed by atoms with Gasteiger partial charge in [0.05, 0.1) is 0 Å². The third kappa shape index (κ3) is 5.11. The Labute approximate surface area is 204 Å². The number of pyridine rings is 1. The van der Waals surface area contributed by atoms with Gasteiger partial charge < -0.3 is 9.15 Å². The van der Waals surface area contributed by atoms with E-state index in [0.717, 1.165) is 0 Å². The van der Waals surface area contributed by atoms with Crippen LogP contribution < -0.4 is 30.4 Å². The Hall–Kier alpha value is -3.71. The minimum absolute atomic E-state index is 0.0171. The van der Waals surface area contributed by atoms with Gasteiger partial charge in [0.2, 0.25) is 0 Å². The second-order valence-electron chi connectivity index (χ2n) is 8.47. The molecule has 5 rings (SSSR count). The van der Waals surface area contributed by atoms with Crippen LogP contribution in [0.2, 0.25) is 0 Å². The average Bonchev–Trinajstić information content (AvgIpc) is 3.64. The van der Waals surface area contributed by atoms with E-state index in [-0.39, 0.29) is 35.0 Å². The van der Waals surface area contributed by atoms with E-state index in [0.29, 0.717) is 23.6 Å². The Bertz CT molecular complexity index is 1590. The van der Waals surface area contributed by atoms with E-state index < -0.39 is 39.7 Å². The van der Waals surface area contributed by atoms with Crippen molar-refractivity contribution < 1.29 is 26.4 Å². The van der Waals surface area contributed by atoms with Crippen LogP contribution in [0.25, 0.3) is 12.2 Å². The van der Waals surface area contributed by atoms with Crippen molar-refractivity contribution in [1.82, 2.24) is 19.7 Å². The molecule has 0 bridgehead atoms. The second-order valence-corrected chi connectivity index (χ2v) is 9.92. The molecule has 0 aromatic carbocycles. The molecular weight excluding hydrogens is 496 g/mol. The highest BCUT2D eigenvalue weighted by Crippen LogP contribution is 2.22. The third-order valence-electron chi connectivity index (χ3n) is 5.78. The summed E-state index contributed by atoms with van der Waals surface area (Å²) in [5.41, 5.74) is -0.0966. The lowest BCUT2D eigenvalue weighted by Gasteiger charge is -2.19. The zero-order chi connectivity index (χ0) is 25.4. The van der Waals surface area contributed by atoms with Crippen molar-refractivity contribution in [3.8, 4) is 6.01 Å². The number of alkyl halides is 1. The molecule has 36 heavy (non-hydrogen) atoms. The lowest BCUT2D eigenvalue weighted by molar-refractivity contribution is 0.170. The number of ether oxygens (including phenoxy) is 1. The van der Waals surface area contributed by atoms with Crippen molar-refractivity contribution in [1.29, 1.82) is 0 Å².